The minimum Gasteiger partial charge on any atom is -0.494 e. The molecular formula is C15H13FN2O. The molecule has 0 aromatic heterocycles. The molecule has 0 aliphatic rings. The minimum absolute atomic E-state index is 0.272. The molecule has 0 atom stereocenters. The van der Waals surface area contributed by atoms with E-state index in [2.05, 4.69) is 5.32 Å². The summed E-state index contributed by atoms with van der Waals surface area (Å²) >= 11 is 0. The summed E-state index contributed by atoms with van der Waals surface area (Å²) < 4.78 is 18.4. The molecule has 19 heavy (non-hydrogen) atoms. The van der Waals surface area contributed by atoms with Gasteiger partial charge in [0.05, 0.1) is 17.9 Å². The first-order valence-electron chi connectivity index (χ1n) is 5.92. The molecule has 0 saturated carbocycles. The van der Waals surface area contributed by atoms with Gasteiger partial charge in [0.1, 0.15) is 17.6 Å². The van der Waals surface area contributed by atoms with Gasteiger partial charge in [-0.2, -0.15) is 5.26 Å². The first-order valence-corrected chi connectivity index (χ1v) is 5.92. The molecule has 0 radical (unpaired) electrons. The zero-order chi connectivity index (χ0) is 13.7. The van der Waals surface area contributed by atoms with Crippen molar-refractivity contribution in [2.45, 2.75) is 6.92 Å². The van der Waals surface area contributed by atoms with E-state index < -0.39 is 5.82 Å². The molecule has 2 aromatic rings. The smallest absolute Gasteiger partial charge is 0.124 e. The van der Waals surface area contributed by atoms with Crippen molar-refractivity contribution in [2.24, 2.45) is 0 Å². The van der Waals surface area contributed by atoms with Crippen LogP contribution in [0.3, 0.4) is 0 Å². The summed E-state index contributed by atoms with van der Waals surface area (Å²) in [6, 6.07) is 13.4. The molecule has 2 rings (SSSR count). The van der Waals surface area contributed by atoms with Crippen LogP contribution in [0.4, 0.5) is 15.8 Å². The van der Waals surface area contributed by atoms with Crippen molar-refractivity contribution in [3.63, 3.8) is 0 Å². The van der Waals surface area contributed by atoms with Gasteiger partial charge in [-0.1, -0.05) is 0 Å². The number of hydrogen-bond donors (Lipinski definition) is 1. The lowest BCUT2D eigenvalue weighted by Crippen LogP contribution is -1.95. The Morgan fingerprint density at radius 1 is 1.21 bits per heavy atom. The zero-order valence-corrected chi connectivity index (χ0v) is 10.5. The van der Waals surface area contributed by atoms with Crippen LogP contribution in [0.25, 0.3) is 0 Å². The molecule has 0 heterocycles. The maximum Gasteiger partial charge on any atom is 0.124 e. The summed E-state index contributed by atoms with van der Waals surface area (Å²) in [5.41, 5.74) is 1.66. The van der Waals surface area contributed by atoms with E-state index in [1.807, 2.05) is 37.3 Å². The van der Waals surface area contributed by atoms with Crippen molar-refractivity contribution in [1.82, 2.24) is 0 Å². The number of benzene rings is 2. The Kier molecular flexibility index (Phi) is 3.99. The van der Waals surface area contributed by atoms with Crippen LogP contribution in [-0.2, 0) is 0 Å². The summed E-state index contributed by atoms with van der Waals surface area (Å²) in [5.74, 6) is 0.362. The number of nitriles is 1. The Morgan fingerprint density at radius 3 is 2.58 bits per heavy atom. The molecule has 0 amide bonds. The molecule has 1 N–H and O–H groups in total. The fourth-order valence-corrected chi connectivity index (χ4v) is 1.67. The van der Waals surface area contributed by atoms with E-state index >= 15 is 0 Å². The van der Waals surface area contributed by atoms with Crippen LogP contribution in [0.5, 0.6) is 5.75 Å². The minimum atomic E-state index is -0.422. The number of hydrogen-bond acceptors (Lipinski definition) is 3. The van der Waals surface area contributed by atoms with Crippen LogP contribution in [0.15, 0.2) is 42.5 Å². The van der Waals surface area contributed by atoms with Gasteiger partial charge in [0, 0.05) is 5.69 Å². The second-order valence-corrected chi connectivity index (χ2v) is 3.88. The molecule has 0 unspecified atom stereocenters. The van der Waals surface area contributed by atoms with Crippen LogP contribution in [0, 0.1) is 17.1 Å². The summed E-state index contributed by atoms with van der Waals surface area (Å²) in [6.45, 7) is 2.53. The summed E-state index contributed by atoms with van der Waals surface area (Å²) in [6.07, 6.45) is 0. The van der Waals surface area contributed by atoms with Crippen molar-refractivity contribution < 1.29 is 9.13 Å². The number of ether oxygens (including phenoxy) is 1. The molecule has 3 nitrogen and oxygen atoms in total. The number of halogens is 1. The fourth-order valence-electron chi connectivity index (χ4n) is 1.67. The average molecular weight is 256 g/mol. The van der Waals surface area contributed by atoms with E-state index in [1.54, 1.807) is 6.07 Å². The first-order chi connectivity index (χ1) is 9.22. The molecule has 0 saturated heterocycles. The SMILES string of the molecule is CCOc1ccc(Nc2ccc(F)cc2C#N)cc1. The van der Waals surface area contributed by atoms with Crippen LogP contribution in [-0.4, -0.2) is 6.61 Å². The van der Waals surface area contributed by atoms with Gasteiger partial charge in [0.15, 0.2) is 0 Å². The van der Waals surface area contributed by atoms with E-state index in [4.69, 9.17) is 10.00 Å². The molecule has 2 aromatic carbocycles. The number of rotatable bonds is 4. The van der Waals surface area contributed by atoms with Crippen molar-refractivity contribution >= 4 is 11.4 Å². The highest BCUT2D eigenvalue weighted by molar-refractivity contribution is 5.66. The molecule has 0 fully saturated rings. The Bertz CT molecular complexity index is 603. The van der Waals surface area contributed by atoms with E-state index in [1.165, 1.54) is 12.1 Å². The van der Waals surface area contributed by atoms with E-state index in [0.29, 0.717) is 12.3 Å². The maximum atomic E-state index is 13.0. The normalized spacial score (nSPS) is 9.74. The third kappa shape index (κ3) is 3.23. The topological polar surface area (TPSA) is 45.0 Å². The molecular weight excluding hydrogens is 243 g/mol. The first kappa shape index (κ1) is 12.9. The summed E-state index contributed by atoms with van der Waals surface area (Å²) in [7, 11) is 0. The predicted molar refractivity (Wildman–Crippen MR) is 72.0 cm³/mol. The van der Waals surface area contributed by atoms with Gasteiger partial charge in [0.2, 0.25) is 0 Å². The van der Waals surface area contributed by atoms with Crippen LogP contribution in [0.1, 0.15) is 12.5 Å². The lowest BCUT2D eigenvalue weighted by molar-refractivity contribution is 0.340. The molecule has 96 valence electrons. The van der Waals surface area contributed by atoms with Crippen molar-refractivity contribution in [3.8, 4) is 11.8 Å². The fraction of sp³-hybridized carbons (Fsp3) is 0.133. The van der Waals surface area contributed by atoms with Crippen LogP contribution < -0.4 is 10.1 Å². The van der Waals surface area contributed by atoms with E-state index in [0.717, 1.165) is 11.4 Å². The highest BCUT2D eigenvalue weighted by Crippen LogP contribution is 2.23. The largest absolute Gasteiger partial charge is 0.494 e. The third-order valence-corrected chi connectivity index (χ3v) is 2.55. The lowest BCUT2D eigenvalue weighted by Gasteiger charge is -2.09. The Hall–Kier alpha value is -2.54. The van der Waals surface area contributed by atoms with Gasteiger partial charge >= 0.3 is 0 Å². The molecule has 4 heteroatoms. The standard InChI is InChI=1S/C15H13FN2O/c1-2-19-14-6-4-13(5-7-14)18-15-8-3-12(16)9-11(15)10-17/h3-9,18H,2H2,1H3. The van der Waals surface area contributed by atoms with Crippen molar-refractivity contribution in [2.75, 3.05) is 11.9 Å². The molecule has 0 bridgehead atoms. The Morgan fingerprint density at radius 2 is 1.95 bits per heavy atom. The second kappa shape index (κ2) is 5.87. The van der Waals surface area contributed by atoms with E-state index in [9.17, 15) is 4.39 Å². The number of anilines is 2. The number of nitrogens with one attached hydrogen (secondary N) is 1. The van der Waals surface area contributed by atoms with E-state index in [-0.39, 0.29) is 5.56 Å². The van der Waals surface area contributed by atoms with Gasteiger partial charge in [0.25, 0.3) is 0 Å². The zero-order valence-electron chi connectivity index (χ0n) is 10.5. The highest BCUT2D eigenvalue weighted by atomic mass is 19.1. The van der Waals surface area contributed by atoms with Gasteiger partial charge in [-0.3, -0.25) is 0 Å². The maximum absolute atomic E-state index is 13.0. The lowest BCUT2D eigenvalue weighted by atomic mass is 10.2. The molecule has 0 aliphatic carbocycles. The quantitative estimate of drug-likeness (QED) is 0.903. The summed E-state index contributed by atoms with van der Waals surface area (Å²) in [5, 5.41) is 12.0. The second-order valence-electron chi connectivity index (χ2n) is 3.88. The molecule has 0 aliphatic heterocycles. The Labute approximate surface area is 111 Å². The van der Waals surface area contributed by atoms with Gasteiger partial charge < -0.3 is 10.1 Å². The van der Waals surface area contributed by atoms with Crippen LogP contribution >= 0.6 is 0 Å². The third-order valence-electron chi connectivity index (χ3n) is 2.55. The van der Waals surface area contributed by atoms with Gasteiger partial charge in [-0.25, -0.2) is 4.39 Å². The van der Waals surface area contributed by atoms with Crippen molar-refractivity contribution in [3.05, 3.63) is 53.8 Å². The predicted octanol–water partition coefficient (Wildman–Crippen LogP) is 3.84. The molecule has 0 spiro atoms. The average Bonchev–Trinajstić information content (AvgIpc) is 2.43. The van der Waals surface area contributed by atoms with Crippen molar-refractivity contribution in [1.29, 1.82) is 5.26 Å². The Balaban J connectivity index is 2.19. The monoisotopic (exact) mass is 256 g/mol. The number of nitrogens with zero attached hydrogens (tertiary/aromatic N) is 1. The summed E-state index contributed by atoms with van der Waals surface area (Å²) in [4.78, 5) is 0. The van der Waals surface area contributed by atoms with Gasteiger partial charge in [-0.15, -0.1) is 0 Å². The van der Waals surface area contributed by atoms with Gasteiger partial charge in [-0.05, 0) is 49.4 Å². The highest BCUT2D eigenvalue weighted by Gasteiger charge is 2.04. The van der Waals surface area contributed by atoms with Crippen LogP contribution in [0.2, 0.25) is 0 Å².